The van der Waals surface area contributed by atoms with Crippen molar-refractivity contribution in [2.75, 3.05) is 18.2 Å². The zero-order valence-electron chi connectivity index (χ0n) is 14.9. The van der Waals surface area contributed by atoms with Crippen LogP contribution in [0.3, 0.4) is 0 Å². The van der Waals surface area contributed by atoms with Crippen LogP contribution >= 0.6 is 11.8 Å². The van der Waals surface area contributed by atoms with E-state index in [0.29, 0.717) is 28.3 Å². The number of carbonyl (C=O) groups is 2. The van der Waals surface area contributed by atoms with Crippen LogP contribution in [-0.4, -0.2) is 29.5 Å². The van der Waals surface area contributed by atoms with E-state index in [2.05, 4.69) is 10.3 Å². The van der Waals surface area contributed by atoms with E-state index in [1.54, 1.807) is 31.5 Å². The van der Waals surface area contributed by atoms with E-state index in [9.17, 15) is 9.59 Å². The molecule has 0 bridgehead atoms. The summed E-state index contributed by atoms with van der Waals surface area (Å²) in [6.45, 7) is 1.43. The number of ether oxygens (including phenoxy) is 1. The van der Waals surface area contributed by atoms with Crippen molar-refractivity contribution in [2.45, 2.75) is 11.8 Å². The molecule has 1 amide bonds. The van der Waals surface area contributed by atoms with Crippen LogP contribution in [-0.2, 0) is 4.79 Å². The van der Waals surface area contributed by atoms with Crippen LogP contribution in [0.1, 0.15) is 17.3 Å². The van der Waals surface area contributed by atoms with Gasteiger partial charge in [0.2, 0.25) is 5.91 Å². The summed E-state index contributed by atoms with van der Waals surface area (Å²) in [5.41, 5.74) is 1.92. The predicted octanol–water partition coefficient (Wildman–Crippen LogP) is 4.28. The van der Waals surface area contributed by atoms with Crippen molar-refractivity contribution in [3.63, 3.8) is 0 Å². The van der Waals surface area contributed by atoms with E-state index in [1.165, 1.54) is 25.1 Å². The van der Waals surface area contributed by atoms with Gasteiger partial charge in [-0.05, 0) is 6.07 Å². The Morgan fingerprint density at radius 2 is 2.00 bits per heavy atom. The van der Waals surface area contributed by atoms with Gasteiger partial charge >= 0.3 is 0 Å². The van der Waals surface area contributed by atoms with Crippen LogP contribution in [0.25, 0.3) is 11.3 Å². The molecule has 1 N–H and O–H groups in total. The van der Waals surface area contributed by atoms with Crippen molar-refractivity contribution in [1.29, 1.82) is 0 Å². The fraction of sp³-hybridized carbons (Fsp3) is 0.150. The number of hydrogen-bond acceptors (Lipinski definition) is 6. The molecule has 27 heavy (non-hydrogen) atoms. The smallest absolute Gasteiger partial charge is 0.221 e. The molecule has 0 fully saturated rings. The van der Waals surface area contributed by atoms with Crippen LogP contribution in [0.4, 0.5) is 5.69 Å². The van der Waals surface area contributed by atoms with Crippen LogP contribution in [0.15, 0.2) is 64.4 Å². The maximum Gasteiger partial charge on any atom is 0.221 e. The van der Waals surface area contributed by atoms with Crippen LogP contribution in [0.2, 0.25) is 0 Å². The number of carbonyl (C=O) groups excluding carboxylic acids is 2. The normalized spacial score (nSPS) is 10.4. The first kappa shape index (κ1) is 18.7. The van der Waals surface area contributed by atoms with Gasteiger partial charge in [-0.3, -0.25) is 9.59 Å². The predicted molar refractivity (Wildman–Crippen MR) is 104 cm³/mol. The third-order valence-corrected chi connectivity index (χ3v) is 4.82. The summed E-state index contributed by atoms with van der Waals surface area (Å²) in [6.07, 6.45) is 2.92. The van der Waals surface area contributed by atoms with E-state index < -0.39 is 0 Å². The molecule has 1 heterocycles. The summed E-state index contributed by atoms with van der Waals surface area (Å²) in [6, 6.07) is 12.6. The number of oxazole rings is 1. The van der Waals surface area contributed by atoms with Gasteiger partial charge in [-0.2, -0.15) is 0 Å². The van der Waals surface area contributed by atoms with Gasteiger partial charge in [0.05, 0.1) is 30.3 Å². The van der Waals surface area contributed by atoms with Gasteiger partial charge < -0.3 is 14.5 Å². The summed E-state index contributed by atoms with van der Waals surface area (Å²) >= 11 is 1.34. The van der Waals surface area contributed by atoms with E-state index >= 15 is 0 Å². The quantitative estimate of drug-likeness (QED) is 0.485. The molecule has 0 aliphatic rings. The van der Waals surface area contributed by atoms with Crippen molar-refractivity contribution in [3.05, 3.63) is 60.6 Å². The Hall–Kier alpha value is -3.06. The van der Waals surface area contributed by atoms with Gasteiger partial charge in [-0.1, -0.05) is 30.3 Å². The number of anilines is 1. The molecule has 0 radical (unpaired) electrons. The number of hydrogen-bond donors (Lipinski definition) is 1. The maximum atomic E-state index is 12.4. The number of methoxy groups -OCH3 is 1. The highest BCUT2D eigenvalue weighted by Crippen LogP contribution is 2.39. The van der Waals surface area contributed by atoms with Gasteiger partial charge in [0.25, 0.3) is 0 Å². The minimum Gasteiger partial charge on any atom is -0.496 e. The summed E-state index contributed by atoms with van der Waals surface area (Å²) in [5.74, 6) is 1.11. The second-order valence-corrected chi connectivity index (χ2v) is 6.69. The van der Waals surface area contributed by atoms with Crippen molar-refractivity contribution >= 4 is 29.1 Å². The van der Waals surface area contributed by atoms with Crippen LogP contribution < -0.4 is 10.1 Å². The van der Waals surface area contributed by atoms with E-state index in [4.69, 9.17) is 9.15 Å². The Kier molecular flexibility index (Phi) is 5.93. The van der Waals surface area contributed by atoms with Gasteiger partial charge in [0.15, 0.2) is 17.9 Å². The molecule has 0 aliphatic carbocycles. The van der Waals surface area contributed by atoms with E-state index in [-0.39, 0.29) is 17.4 Å². The number of benzene rings is 2. The largest absolute Gasteiger partial charge is 0.496 e. The summed E-state index contributed by atoms with van der Waals surface area (Å²) in [4.78, 5) is 28.7. The molecule has 0 saturated heterocycles. The molecule has 0 unspecified atom stereocenters. The number of aromatic nitrogens is 1. The lowest BCUT2D eigenvalue weighted by Gasteiger charge is -2.14. The average molecular weight is 382 g/mol. The van der Waals surface area contributed by atoms with Crippen molar-refractivity contribution < 1.29 is 18.7 Å². The molecule has 0 aliphatic heterocycles. The SMILES string of the molecule is COc1cc(NC(C)=O)c(SCC(=O)c2ccccc2)cc1-c1cnco1. The monoisotopic (exact) mass is 382 g/mol. The first-order valence-electron chi connectivity index (χ1n) is 8.18. The van der Waals surface area contributed by atoms with Crippen molar-refractivity contribution in [1.82, 2.24) is 4.98 Å². The Labute approximate surface area is 160 Å². The Morgan fingerprint density at radius 3 is 2.63 bits per heavy atom. The van der Waals surface area contributed by atoms with Gasteiger partial charge in [-0.15, -0.1) is 11.8 Å². The zero-order chi connectivity index (χ0) is 19.2. The molecule has 0 saturated carbocycles. The first-order valence-corrected chi connectivity index (χ1v) is 9.16. The fourth-order valence-corrected chi connectivity index (χ4v) is 3.45. The number of ketones is 1. The highest BCUT2D eigenvalue weighted by molar-refractivity contribution is 8.00. The second-order valence-electron chi connectivity index (χ2n) is 5.67. The third kappa shape index (κ3) is 4.57. The summed E-state index contributed by atoms with van der Waals surface area (Å²) < 4.78 is 10.8. The molecule has 2 aromatic carbocycles. The molecule has 7 heteroatoms. The highest BCUT2D eigenvalue weighted by atomic mass is 32.2. The average Bonchev–Trinajstić information content (AvgIpc) is 3.21. The molecular weight excluding hydrogens is 364 g/mol. The lowest BCUT2D eigenvalue weighted by atomic mass is 10.1. The molecule has 138 valence electrons. The third-order valence-electron chi connectivity index (χ3n) is 3.76. The molecule has 0 atom stereocenters. The summed E-state index contributed by atoms with van der Waals surface area (Å²) in [7, 11) is 1.54. The maximum absolute atomic E-state index is 12.4. The van der Waals surface area contributed by atoms with Crippen molar-refractivity contribution in [3.8, 4) is 17.1 Å². The molecule has 1 aromatic heterocycles. The number of Topliss-reactive ketones (excluding diaryl/α,β-unsaturated/α-hetero) is 1. The first-order chi connectivity index (χ1) is 13.1. The minimum atomic E-state index is -0.208. The fourth-order valence-electron chi connectivity index (χ4n) is 2.53. The van der Waals surface area contributed by atoms with Gasteiger partial charge in [-0.25, -0.2) is 4.98 Å². The van der Waals surface area contributed by atoms with Crippen LogP contribution in [0, 0.1) is 0 Å². The molecule has 0 spiro atoms. The Morgan fingerprint density at radius 1 is 1.22 bits per heavy atom. The Bertz CT molecular complexity index is 940. The minimum absolute atomic E-state index is 0.00593. The van der Waals surface area contributed by atoms with E-state index in [0.717, 1.165) is 4.90 Å². The second kappa shape index (κ2) is 8.55. The Balaban J connectivity index is 1.92. The highest BCUT2D eigenvalue weighted by Gasteiger charge is 2.17. The number of nitrogens with one attached hydrogen (secondary N) is 1. The topological polar surface area (TPSA) is 81.4 Å². The van der Waals surface area contributed by atoms with Gasteiger partial charge in [0, 0.05) is 23.4 Å². The number of amides is 1. The molecule has 3 rings (SSSR count). The number of thioether (sulfide) groups is 1. The van der Waals surface area contributed by atoms with Gasteiger partial charge in [0.1, 0.15) is 5.75 Å². The van der Waals surface area contributed by atoms with Crippen LogP contribution in [0.5, 0.6) is 5.75 Å². The lowest BCUT2D eigenvalue weighted by Crippen LogP contribution is -2.08. The number of rotatable bonds is 7. The molecular formula is C20H18N2O4S. The summed E-state index contributed by atoms with van der Waals surface area (Å²) in [5, 5.41) is 2.79. The van der Waals surface area contributed by atoms with E-state index in [1.807, 2.05) is 24.3 Å². The lowest BCUT2D eigenvalue weighted by molar-refractivity contribution is -0.114. The molecule has 6 nitrogen and oxygen atoms in total. The van der Waals surface area contributed by atoms with Crippen molar-refractivity contribution in [2.24, 2.45) is 0 Å². The molecule has 3 aromatic rings. The standard InChI is InChI=1S/C20H18N2O4S/c1-13(23)22-16-9-18(25-2)15(19-10-21-12-26-19)8-20(16)27-11-17(24)14-6-4-3-5-7-14/h3-10,12H,11H2,1-2H3,(H,22,23). The zero-order valence-corrected chi connectivity index (χ0v) is 15.7. The number of nitrogens with zero attached hydrogens (tertiary/aromatic N) is 1.